The Morgan fingerprint density at radius 3 is 1.89 bits per heavy atom. The van der Waals surface area contributed by atoms with Crippen LogP contribution in [0, 0.1) is 6.92 Å². The van der Waals surface area contributed by atoms with Gasteiger partial charge in [0.05, 0.1) is 5.57 Å². The van der Waals surface area contributed by atoms with E-state index in [1.165, 1.54) is 18.4 Å². The lowest BCUT2D eigenvalue weighted by atomic mass is 10.1. The van der Waals surface area contributed by atoms with Gasteiger partial charge in [-0.1, -0.05) is 0 Å². The third-order valence-electron chi connectivity index (χ3n) is 2.69. The molecule has 0 saturated carbocycles. The lowest BCUT2D eigenvalue weighted by Crippen LogP contribution is -2.48. The highest BCUT2D eigenvalue weighted by atomic mass is 32.1. The molecule has 18 heavy (non-hydrogen) atoms. The average Bonchev–Trinajstić information content (AvgIpc) is 2.66. The Morgan fingerprint density at radius 2 is 1.56 bits per heavy atom. The van der Waals surface area contributed by atoms with Crippen LogP contribution >= 0.6 is 11.3 Å². The second kappa shape index (κ2) is 3.49. The molecule has 0 amide bonds. The summed E-state index contributed by atoms with van der Waals surface area (Å²) in [6, 6.07) is 1.25. The van der Waals surface area contributed by atoms with E-state index in [4.69, 9.17) is 0 Å². The predicted octanol–water partition coefficient (Wildman–Crippen LogP) is 4.66. The van der Waals surface area contributed by atoms with Crippen molar-refractivity contribution in [2.75, 3.05) is 0 Å². The predicted molar refractivity (Wildman–Crippen MR) is 51.9 cm³/mol. The fourth-order valence-electron chi connectivity index (χ4n) is 1.66. The summed E-state index contributed by atoms with van der Waals surface area (Å²) in [6.07, 6.45) is 0. The fourth-order valence-corrected chi connectivity index (χ4v) is 2.66. The van der Waals surface area contributed by atoms with Crippen LogP contribution < -0.4 is 0 Å². The Morgan fingerprint density at radius 1 is 1.00 bits per heavy atom. The summed E-state index contributed by atoms with van der Waals surface area (Å²) in [6.45, 7) is 1.25. The van der Waals surface area contributed by atoms with Crippen LogP contribution in [0.5, 0.6) is 0 Å². The third-order valence-corrected chi connectivity index (χ3v) is 3.72. The summed E-state index contributed by atoms with van der Waals surface area (Å²) in [4.78, 5) is -0.589. The normalized spacial score (nSPS) is 24.7. The van der Waals surface area contributed by atoms with Gasteiger partial charge in [-0.2, -0.15) is 26.3 Å². The van der Waals surface area contributed by atoms with Gasteiger partial charge >= 0.3 is 17.8 Å². The molecule has 0 bridgehead atoms. The molecule has 1 aromatic heterocycles. The second-order valence-corrected chi connectivity index (χ2v) is 4.76. The molecule has 0 radical (unpaired) electrons. The van der Waals surface area contributed by atoms with Gasteiger partial charge in [-0.05, 0) is 23.9 Å². The monoisotopic (exact) mass is 290 g/mol. The molecule has 0 unspecified atom stereocenters. The second-order valence-electron chi connectivity index (χ2n) is 3.84. The molecule has 1 aliphatic rings. The quantitative estimate of drug-likeness (QED) is 0.660. The van der Waals surface area contributed by atoms with Crippen molar-refractivity contribution < 1.29 is 30.7 Å². The smallest absolute Gasteiger partial charge is 0.204 e. The first-order valence-corrected chi connectivity index (χ1v) is 5.51. The zero-order chi connectivity index (χ0) is 13.9. The molecule has 0 aliphatic heterocycles. The van der Waals surface area contributed by atoms with Crippen LogP contribution in [-0.4, -0.2) is 17.8 Å². The maximum absolute atomic E-state index is 13.4. The van der Waals surface area contributed by atoms with Crippen molar-refractivity contribution in [1.29, 1.82) is 0 Å². The van der Waals surface area contributed by atoms with Gasteiger partial charge in [0, 0.05) is 4.88 Å². The highest BCUT2D eigenvalue weighted by Gasteiger charge is 2.81. The number of hydrogen-bond acceptors (Lipinski definition) is 1. The highest BCUT2D eigenvalue weighted by Crippen LogP contribution is 2.62. The van der Waals surface area contributed by atoms with Crippen LogP contribution in [0.3, 0.4) is 0 Å². The van der Waals surface area contributed by atoms with Crippen molar-refractivity contribution in [3.63, 3.8) is 0 Å². The molecule has 1 aromatic rings. The largest absolute Gasteiger partial charge is 0.383 e. The highest BCUT2D eigenvalue weighted by molar-refractivity contribution is 7.11. The van der Waals surface area contributed by atoms with Crippen LogP contribution in [0.4, 0.5) is 30.7 Å². The molecular formula is C10H5F7S. The molecule has 2 rings (SSSR count). The summed E-state index contributed by atoms with van der Waals surface area (Å²) < 4.78 is 91.7. The van der Waals surface area contributed by atoms with Gasteiger partial charge in [0.1, 0.15) is 0 Å². The van der Waals surface area contributed by atoms with E-state index in [0.29, 0.717) is 11.3 Å². The SMILES string of the molecule is Cc1ccsc1C1=C(F)C(F)(F)C(F)(F)C1(F)F. The topological polar surface area (TPSA) is 0 Å². The summed E-state index contributed by atoms with van der Waals surface area (Å²) in [7, 11) is 0. The minimum Gasteiger partial charge on any atom is -0.204 e. The molecule has 0 saturated heterocycles. The van der Waals surface area contributed by atoms with Crippen molar-refractivity contribution >= 4 is 16.9 Å². The van der Waals surface area contributed by atoms with Crippen molar-refractivity contribution in [2.24, 2.45) is 0 Å². The van der Waals surface area contributed by atoms with E-state index < -0.39 is 34.0 Å². The maximum atomic E-state index is 13.4. The van der Waals surface area contributed by atoms with E-state index in [1.807, 2.05) is 0 Å². The standard InChI is InChI=1S/C10H5F7S/c1-4-2-3-18-6(4)5-7(11)9(14,15)10(16,17)8(5,12)13/h2-3H,1H3. The van der Waals surface area contributed by atoms with Gasteiger partial charge in [0.25, 0.3) is 0 Å². The first-order valence-electron chi connectivity index (χ1n) is 4.63. The number of allylic oxidation sites excluding steroid dienone is 2. The summed E-state index contributed by atoms with van der Waals surface area (Å²) in [5.41, 5.74) is -1.87. The Bertz CT molecular complexity index is 526. The molecule has 0 spiro atoms. The maximum Gasteiger partial charge on any atom is 0.383 e. The Kier molecular flexibility index (Phi) is 2.60. The van der Waals surface area contributed by atoms with Crippen molar-refractivity contribution in [1.82, 2.24) is 0 Å². The minimum absolute atomic E-state index is 0.0401. The molecule has 1 heterocycles. The Hall–Kier alpha value is -1.05. The van der Waals surface area contributed by atoms with Crippen molar-refractivity contribution in [2.45, 2.75) is 24.7 Å². The van der Waals surface area contributed by atoms with Gasteiger partial charge in [0.2, 0.25) is 0 Å². The van der Waals surface area contributed by atoms with E-state index in [2.05, 4.69) is 0 Å². The Balaban J connectivity index is 2.74. The molecule has 0 aromatic carbocycles. The molecule has 1 aliphatic carbocycles. The number of halogens is 7. The number of alkyl halides is 6. The lowest BCUT2D eigenvalue weighted by Gasteiger charge is -2.24. The molecule has 0 N–H and O–H groups in total. The first-order chi connectivity index (χ1) is 8.05. The number of thiophene rings is 1. The number of rotatable bonds is 1. The zero-order valence-corrected chi connectivity index (χ0v) is 9.53. The van der Waals surface area contributed by atoms with Gasteiger partial charge in [-0.3, -0.25) is 0 Å². The number of aryl methyl sites for hydroxylation is 1. The number of hydrogen-bond donors (Lipinski definition) is 0. The minimum atomic E-state index is -5.77. The van der Waals surface area contributed by atoms with Crippen LogP contribution in [0.1, 0.15) is 10.4 Å². The van der Waals surface area contributed by atoms with Gasteiger partial charge < -0.3 is 0 Å². The third kappa shape index (κ3) is 1.32. The van der Waals surface area contributed by atoms with Crippen LogP contribution in [0.15, 0.2) is 17.3 Å². The van der Waals surface area contributed by atoms with E-state index in [1.54, 1.807) is 0 Å². The fraction of sp³-hybridized carbons (Fsp3) is 0.400. The van der Waals surface area contributed by atoms with Crippen LogP contribution in [-0.2, 0) is 0 Å². The van der Waals surface area contributed by atoms with Crippen molar-refractivity contribution in [3.05, 3.63) is 27.7 Å². The molecule has 100 valence electrons. The van der Waals surface area contributed by atoms with E-state index in [-0.39, 0.29) is 5.56 Å². The average molecular weight is 290 g/mol. The Labute approximate surface area is 101 Å². The molecule has 0 nitrogen and oxygen atoms in total. The summed E-state index contributed by atoms with van der Waals surface area (Å²) in [5.74, 6) is -19.3. The van der Waals surface area contributed by atoms with Gasteiger partial charge in [0.15, 0.2) is 5.83 Å². The van der Waals surface area contributed by atoms with Gasteiger partial charge in [-0.15, -0.1) is 11.3 Å². The summed E-state index contributed by atoms with van der Waals surface area (Å²) in [5, 5.41) is 1.23. The van der Waals surface area contributed by atoms with Crippen LogP contribution in [0.2, 0.25) is 0 Å². The molecule has 0 atom stereocenters. The molecular weight excluding hydrogens is 285 g/mol. The van der Waals surface area contributed by atoms with E-state index in [0.717, 1.165) is 0 Å². The van der Waals surface area contributed by atoms with Gasteiger partial charge in [-0.25, -0.2) is 4.39 Å². The molecule has 0 fully saturated rings. The van der Waals surface area contributed by atoms with Crippen LogP contribution in [0.25, 0.3) is 5.57 Å². The van der Waals surface area contributed by atoms with E-state index in [9.17, 15) is 30.7 Å². The molecule has 8 heteroatoms. The first kappa shape index (κ1) is 13.4. The zero-order valence-electron chi connectivity index (χ0n) is 8.71. The lowest BCUT2D eigenvalue weighted by molar-refractivity contribution is -0.263. The van der Waals surface area contributed by atoms with Crippen molar-refractivity contribution in [3.8, 4) is 0 Å². The van der Waals surface area contributed by atoms with E-state index >= 15 is 0 Å². The summed E-state index contributed by atoms with van der Waals surface area (Å²) >= 11 is 0.510.